The van der Waals surface area contributed by atoms with Crippen molar-refractivity contribution in [3.05, 3.63) is 110 Å². The lowest BCUT2D eigenvalue weighted by Crippen LogP contribution is -2.29. The van der Waals surface area contributed by atoms with Gasteiger partial charge in [-0.25, -0.2) is 9.37 Å². The second-order valence-corrected chi connectivity index (χ2v) is 10.0. The summed E-state index contributed by atoms with van der Waals surface area (Å²) in [7, 11) is 0. The fourth-order valence-electron chi connectivity index (χ4n) is 5.76. The van der Waals surface area contributed by atoms with Crippen LogP contribution in [0.25, 0.3) is 11.0 Å². The standard InChI is InChI=1S/C30H28F4N2O/c1-18-6-5-9-26(31)27(18)21-14-12-20(13-15-21)24-16-22-11-10-19(2)35-28(22)36(29(24)37)17-23-7-3-4-8-25(23)30(32,33)34/h3-11,16,20-21H,12-15,17H2,1-2H3/t20-,21-. The first-order valence-electron chi connectivity index (χ1n) is 12.5. The van der Waals surface area contributed by atoms with Crippen molar-refractivity contribution < 1.29 is 17.6 Å². The molecule has 1 fully saturated rings. The molecule has 0 aliphatic heterocycles. The normalized spacial score (nSPS) is 18.3. The number of nitrogens with zero attached hydrogens (tertiary/aromatic N) is 2. The van der Waals surface area contributed by atoms with E-state index in [1.54, 1.807) is 19.1 Å². The number of benzene rings is 2. The Kier molecular flexibility index (Phi) is 6.65. The maximum absolute atomic E-state index is 14.6. The average Bonchev–Trinajstić information content (AvgIpc) is 2.86. The number of hydrogen-bond donors (Lipinski definition) is 0. The molecule has 5 rings (SSSR count). The molecule has 37 heavy (non-hydrogen) atoms. The number of halogens is 4. The molecule has 0 unspecified atom stereocenters. The van der Waals surface area contributed by atoms with E-state index in [9.17, 15) is 22.4 Å². The van der Waals surface area contributed by atoms with E-state index in [1.807, 2.05) is 31.2 Å². The van der Waals surface area contributed by atoms with E-state index >= 15 is 0 Å². The third kappa shape index (κ3) is 4.91. The summed E-state index contributed by atoms with van der Waals surface area (Å²) in [5.41, 5.74) is 2.28. The molecule has 1 saturated carbocycles. The van der Waals surface area contributed by atoms with Crippen LogP contribution < -0.4 is 5.56 Å². The van der Waals surface area contributed by atoms with Crippen LogP contribution in [-0.2, 0) is 12.7 Å². The summed E-state index contributed by atoms with van der Waals surface area (Å²) < 4.78 is 57.1. The Labute approximate surface area is 212 Å². The monoisotopic (exact) mass is 508 g/mol. The van der Waals surface area contributed by atoms with Crippen molar-refractivity contribution >= 4 is 11.0 Å². The van der Waals surface area contributed by atoms with E-state index in [-0.39, 0.29) is 35.3 Å². The number of aromatic nitrogens is 2. The SMILES string of the molecule is Cc1ccc2cc([C@H]3CC[C@H](c4c(C)cccc4F)CC3)c(=O)n(Cc3ccccc3C(F)(F)F)c2n1. The van der Waals surface area contributed by atoms with E-state index in [1.165, 1.54) is 22.8 Å². The maximum atomic E-state index is 14.6. The van der Waals surface area contributed by atoms with Crippen molar-refractivity contribution in [2.75, 3.05) is 0 Å². The Balaban J connectivity index is 1.53. The minimum absolute atomic E-state index is 0.0255. The summed E-state index contributed by atoms with van der Waals surface area (Å²) in [4.78, 5) is 18.3. The van der Waals surface area contributed by atoms with Crippen molar-refractivity contribution in [1.29, 1.82) is 0 Å². The van der Waals surface area contributed by atoms with Crippen LogP contribution in [0.15, 0.2) is 65.5 Å². The van der Waals surface area contributed by atoms with E-state index in [4.69, 9.17) is 0 Å². The number of hydrogen-bond acceptors (Lipinski definition) is 2. The van der Waals surface area contributed by atoms with Crippen LogP contribution in [0.2, 0.25) is 0 Å². The summed E-state index contributed by atoms with van der Waals surface area (Å²) in [6.07, 6.45) is -1.63. The van der Waals surface area contributed by atoms with Gasteiger partial charge in [0.25, 0.3) is 5.56 Å². The predicted octanol–water partition coefficient (Wildman–Crippen LogP) is 7.66. The number of pyridine rings is 2. The third-order valence-corrected chi connectivity index (χ3v) is 7.60. The first-order valence-corrected chi connectivity index (χ1v) is 12.5. The predicted molar refractivity (Wildman–Crippen MR) is 136 cm³/mol. The van der Waals surface area contributed by atoms with Gasteiger partial charge in [-0.2, -0.15) is 13.2 Å². The molecule has 2 heterocycles. The minimum Gasteiger partial charge on any atom is -0.288 e. The van der Waals surface area contributed by atoms with Crippen molar-refractivity contribution in [3.63, 3.8) is 0 Å². The van der Waals surface area contributed by atoms with Crippen molar-refractivity contribution in [1.82, 2.24) is 9.55 Å². The number of rotatable bonds is 4. The number of alkyl halides is 3. The van der Waals surface area contributed by atoms with Crippen LogP contribution in [0, 0.1) is 19.7 Å². The van der Waals surface area contributed by atoms with Gasteiger partial charge in [0.1, 0.15) is 11.5 Å². The number of fused-ring (bicyclic) bond motifs is 1. The molecule has 0 spiro atoms. The molecule has 1 aliphatic rings. The van der Waals surface area contributed by atoms with Crippen LogP contribution in [0.5, 0.6) is 0 Å². The van der Waals surface area contributed by atoms with Crippen LogP contribution in [-0.4, -0.2) is 9.55 Å². The van der Waals surface area contributed by atoms with Crippen LogP contribution in [0.1, 0.15) is 71.0 Å². The lowest BCUT2D eigenvalue weighted by atomic mass is 9.75. The largest absolute Gasteiger partial charge is 0.416 e. The number of aryl methyl sites for hydroxylation is 2. The fraction of sp³-hybridized carbons (Fsp3) is 0.333. The van der Waals surface area contributed by atoms with Crippen molar-refractivity contribution in [2.24, 2.45) is 0 Å². The molecule has 0 atom stereocenters. The van der Waals surface area contributed by atoms with Gasteiger partial charge >= 0.3 is 6.18 Å². The van der Waals surface area contributed by atoms with Crippen molar-refractivity contribution in [3.8, 4) is 0 Å². The Morgan fingerprint density at radius 3 is 2.32 bits per heavy atom. The molecular weight excluding hydrogens is 480 g/mol. The van der Waals surface area contributed by atoms with Crippen LogP contribution in [0.3, 0.4) is 0 Å². The summed E-state index contributed by atoms with van der Waals surface area (Å²) in [5.74, 6) is -0.157. The molecule has 4 aromatic rings. The summed E-state index contributed by atoms with van der Waals surface area (Å²) in [6, 6.07) is 16.0. The highest BCUT2D eigenvalue weighted by molar-refractivity contribution is 5.76. The molecule has 0 bridgehead atoms. The highest BCUT2D eigenvalue weighted by Gasteiger charge is 2.33. The van der Waals surface area contributed by atoms with Gasteiger partial charge in [0.2, 0.25) is 0 Å². The van der Waals surface area contributed by atoms with Gasteiger partial charge in [-0.05, 0) is 98.4 Å². The lowest BCUT2D eigenvalue weighted by molar-refractivity contribution is -0.138. The highest BCUT2D eigenvalue weighted by Crippen LogP contribution is 2.42. The second-order valence-electron chi connectivity index (χ2n) is 10.0. The molecule has 2 aromatic heterocycles. The molecule has 192 valence electrons. The zero-order valence-corrected chi connectivity index (χ0v) is 20.8. The highest BCUT2D eigenvalue weighted by atomic mass is 19.4. The first-order chi connectivity index (χ1) is 17.6. The van der Waals surface area contributed by atoms with Gasteiger partial charge in [-0.3, -0.25) is 9.36 Å². The van der Waals surface area contributed by atoms with Gasteiger partial charge in [0, 0.05) is 16.6 Å². The van der Waals surface area contributed by atoms with Gasteiger partial charge in [0.05, 0.1) is 12.1 Å². The molecular formula is C30H28F4N2O. The van der Waals surface area contributed by atoms with Gasteiger partial charge in [-0.1, -0.05) is 30.3 Å². The van der Waals surface area contributed by atoms with Gasteiger partial charge in [0.15, 0.2) is 0 Å². The molecule has 7 heteroatoms. The zero-order valence-electron chi connectivity index (χ0n) is 20.8. The third-order valence-electron chi connectivity index (χ3n) is 7.60. The Morgan fingerprint density at radius 1 is 0.919 bits per heavy atom. The summed E-state index contributed by atoms with van der Waals surface area (Å²) in [6.45, 7) is 3.48. The Bertz CT molecular complexity index is 1490. The maximum Gasteiger partial charge on any atom is 0.416 e. The average molecular weight is 509 g/mol. The molecule has 3 nitrogen and oxygen atoms in total. The second kappa shape index (κ2) is 9.77. The molecule has 2 aromatic carbocycles. The van der Waals surface area contributed by atoms with Crippen molar-refractivity contribution in [2.45, 2.75) is 64.1 Å². The first kappa shape index (κ1) is 25.2. The quantitative estimate of drug-likeness (QED) is 0.265. The van der Waals surface area contributed by atoms with E-state index < -0.39 is 11.7 Å². The fourth-order valence-corrected chi connectivity index (χ4v) is 5.76. The Morgan fingerprint density at radius 2 is 1.62 bits per heavy atom. The summed E-state index contributed by atoms with van der Waals surface area (Å²) in [5, 5.41) is 0.719. The molecule has 0 radical (unpaired) electrons. The Hall–Kier alpha value is -3.48. The van der Waals surface area contributed by atoms with Crippen LogP contribution >= 0.6 is 0 Å². The topological polar surface area (TPSA) is 34.9 Å². The van der Waals surface area contributed by atoms with Crippen LogP contribution in [0.4, 0.5) is 17.6 Å². The lowest BCUT2D eigenvalue weighted by Gasteiger charge is -2.30. The van der Waals surface area contributed by atoms with Gasteiger partial charge in [-0.15, -0.1) is 0 Å². The smallest absolute Gasteiger partial charge is 0.288 e. The van der Waals surface area contributed by atoms with E-state index in [0.29, 0.717) is 29.7 Å². The molecule has 0 amide bonds. The molecule has 0 saturated heterocycles. The summed E-state index contributed by atoms with van der Waals surface area (Å²) >= 11 is 0. The molecule has 1 aliphatic carbocycles. The zero-order chi connectivity index (χ0) is 26.3. The minimum atomic E-state index is -4.53. The van der Waals surface area contributed by atoms with E-state index in [2.05, 4.69) is 4.98 Å². The molecule has 0 N–H and O–H groups in total. The van der Waals surface area contributed by atoms with E-state index in [0.717, 1.165) is 35.4 Å². The van der Waals surface area contributed by atoms with Gasteiger partial charge < -0.3 is 0 Å².